The molecule has 0 bridgehead atoms. The van der Waals surface area contributed by atoms with E-state index in [1.54, 1.807) is 6.07 Å². The number of thioether (sulfide) groups is 1. The lowest BCUT2D eigenvalue weighted by atomic mass is 10.2. The smallest absolute Gasteiger partial charge is 0.317 e. The van der Waals surface area contributed by atoms with Gasteiger partial charge >= 0.3 is 11.7 Å². The standard InChI is InChI=1S/C17H14F2N2O5S/c1-10(26-16(22)9-27-15-5-3-2-4-13(15)19)17(23)20-11-6-7-12(18)14(8-11)21(24)25/h2-8,10H,9H2,1H3,(H,20,23)/t10-/m1/s1. The molecule has 0 saturated carbocycles. The molecular weight excluding hydrogens is 382 g/mol. The molecule has 0 heterocycles. The maximum Gasteiger partial charge on any atom is 0.317 e. The number of hydrogen-bond acceptors (Lipinski definition) is 6. The second-order valence-corrected chi connectivity index (χ2v) is 6.28. The molecule has 27 heavy (non-hydrogen) atoms. The minimum atomic E-state index is -1.21. The number of anilines is 1. The number of amides is 1. The van der Waals surface area contributed by atoms with Crippen LogP contribution in [0.15, 0.2) is 47.4 Å². The first-order valence-electron chi connectivity index (χ1n) is 7.59. The number of benzene rings is 2. The minimum absolute atomic E-state index is 0.0169. The quantitative estimate of drug-likeness (QED) is 0.333. The number of hydrogen-bond donors (Lipinski definition) is 1. The fraction of sp³-hybridized carbons (Fsp3) is 0.176. The van der Waals surface area contributed by atoms with Crippen molar-refractivity contribution in [3.05, 3.63) is 64.2 Å². The van der Waals surface area contributed by atoms with E-state index >= 15 is 0 Å². The molecule has 1 atom stereocenters. The van der Waals surface area contributed by atoms with E-state index in [0.29, 0.717) is 0 Å². The maximum atomic E-state index is 13.5. The summed E-state index contributed by atoms with van der Waals surface area (Å²) in [4.78, 5) is 33.9. The Kier molecular flexibility index (Phi) is 6.83. The number of nitrogens with zero attached hydrogens (tertiary/aromatic N) is 1. The molecule has 0 aliphatic carbocycles. The molecule has 0 radical (unpaired) electrons. The van der Waals surface area contributed by atoms with Crippen LogP contribution in [-0.4, -0.2) is 28.7 Å². The number of carbonyl (C=O) groups excluding carboxylic acids is 2. The molecule has 7 nitrogen and oxygen atoms in total. The summed E-state index contributed by atoms with van der Waals surface area (Å²) in [5, 5.41) is 13.0. The van der Waals surface area contributed by atoms with Crippen LogP contribution in [0.1, 0.15) is 6.92 Å². The highest BCUT2D eigenvalue weighted by Crippen LogP contribution is 2.23. The largest absolute Gasteiger partial charge is 0.452 e. The summed E-state index contributed by atoms with van der Waals surface area (Å²) >= 11 is 0.922. The average molecular weight is 396 g/mol. The Hall–Kier alpha value is -3.01. The van der Waals surface area contributed by atoms with Gasteiger partial charge in [0.2, 0.25) is 5.82 Å². The summed E-state index contributed by atoms with van der Waals surface area (Å²) < 4.78 is 31.7. The number of ether oxygens (including phenoxy) is 1. The topological polar surface area (TPSA) is 98.5 Å². The lowest BCUT2D eigenvalue weighted by molar-refractivity contribution is -0.387. The van der Waals surface area contributed by atoms with Crippen LogP contribution in [0.2, 0.25) is 0 Å². The van der Waals surface area contributed by atoms with Crippen molar-refractivity contribution in [2.75, 3.05) is 11.1 Å². The van der Waals surface area contributed by atoms with Crippen LogP contribution in [0.4, 0.5) is 20.2 Å². The molecule has 1 N–H and O–H groups in total. The van der Waals surface area contributed by atoms with Gasteiger partial charge < -0.3 is 10.1 Å². The molecule has 0 fully saturated rings. The minimum Gasteiger partial charge on any atom is -0.452 e. The van der Waals surface area contributed by atoms with Crippen molar-refractivity contribution in [3.63, 3.8) is 0 Å². The van der Waals surface area contributed by atoms with Gasteiger partial charge in [0, 0.05) is 16.6 Å². The van der Waals surface area contributed by atoms with Gasteiger partial charge in [-0.1, -0.05) is 12.1 Å². The molecular formula is C17H14F2N2O5S. The Morgan fingerprint density at radius 2 is 1.93 bits per heavy atom. The van der Waals surface area contributed by atoms with E-state index in [1.807, 2.05) is 0 Å². The van der Waals surface area contributed by atoms with Crippen LogP contribution in [0.25, 0.3) is 0 Å². The SMILES string of the molecule is C[C@@H](OC(=O)CSc1ccccc1F)C(=O)Nc1ccc(F)c([N+](=O)[O-])c1. The summed E-state index contributed by atoms with van der Waals surface area (Å²) in [6.45, 7) is 1.30. The third-order valence-electron chi connectivity index (χ3n) is 3.27. The zero-order valence-electron chi connectivity index (χ0n) is 14.0. The molecule has 0 saturated heterocycles. The fourth-order valence-corrected chi connectivity index (χ4v) is 2.68. The number of carbonyl (C=O) groups is 2. The third-order valence-corrected chi connectivity index (χ3v) is 4.29. The van der Waals surface area contributed by atoms with E-state index in [4.69, 9.17) is 4.74 Å². The lowest BCUT2D eigenvalue weighted by Gasteiger charge is -2.13. The van der Waals surface area contributed by atoms with Crippen molar-refractivity contribution in [1.82, 2.24) is 0 Å². The van der Waals surface area contributed by atoms with Crippen LogP contribution in [0.5, 0.6) is 0 Å². The molecule has 142 valence electrons. The van der Waals surface area contributed by atoms with Crippen molar-refractivity contribution in [2.24, 2.45) is 0 Å². The normalized spacial score (nSPS) is 11.5. The highest BCUT2D eigenvalue weighted by molar-refractivity contribution is 8.00. The maximum absolute atomic E-state index is 13.5. The summed E-state index contributed by atoms with van der Waals surface area (Å²) in [6.07, 6.45) is -1.21. The van der Waals surface area contributed by atoms with Crippen LogP contribution in [0.3, 0.4) is 0 Å². The second-order valence-electron chi connectivity index (χ2n) is 5.26. The highest BCUT2D eigenvalue weighted by atomic mass is 32.2. The third kappa shape index (κ3) is 5.74. The first-order chi connectivity index (χ1) is 12.8. The number of nitro groups is 1. The van der Waals surface area contributed by atoms with E-state index in [0.717, 1.165) is 30.0 Å². The first kappa shape index (κ1) is 20.3. The van der Waals surface area contributed by atoms with Crippen LogP contribution in [0, 0.1) is 21.7 Å². The second kappa shape index (κ2) is 9.08. The molecule has 0 aliphatic rings. The Morgan fingerprint density at radius 1 is 1.22 bits per heavy atom. The van der Waals surface area contributed by atoms with Gasteiger partial charge in [-0.15, -0.1) is 11.8 Å². The van der Waals surface area contributed by atoms with Gasteiger partial charge in [0.1, 0.15) is 5.82 Å². The van der Waals surface area contributed by atoms with E-state index in [2.05, 4.69) is 5.32 Å². The van der Waals surface area contributed by atoms with Crippen molar-refractivity contribution in [2.45, 2.75) is 17.9 Å². The Balaban J connectivity index is 1.90. The molecule has 1 amide bonds. The summed E-state index contributed by atoms with van der Waals surface area (Å²) in [6, 6.07) is 8.74. The van der Waals surface area contributed by atoms with E-state index in [-0.39, 0.29) is 16.3 Å². The Bertz CT molecular complexity index is 878. The van der Waals surface area contributed by atoms with Gasteiger partial charge in [0.05, 0.1) is 10.7 Å². The van der Waals surface area contributed by atoms with Gasteiger partial charge in [-0.2, -0.15) is 4.39 Å². The van der Waals surface area contributed by atoms with Crippen molar-refractivity contribution < 1.29 is 28.0 Å². The van der Waals surface area contributed by atoms with Gasteiger partial charge in [0.25, 0.3) is 5.91 Å². The van der Waals surface area contributed by atoms with Crippen molar-refractivity contribution >= 4 is 35.0 Å². The average Bonchev–Trinajstić information content (AvgIpc) is 2.62. The number of esters is 1. The summed E-state index contributed by atoms with van der Waals surface area (Å²) in [5.74, 6) is -3.21. The zero-order chi connectivity index (χ0) is 20.0. The lowest BCUT2D eigenvalue weighted by Crippen LogP contribution is -2.30. The number of nitrogens with one attached hydrogen (secondary N) is 1. The van der Waals surface area contributed by atoms with Gasteiger partial charge in [-0.3, -0.25) is 19.7 Å². The van der Waals surface area contributed by atoms with Gasteiger partial charge in [0.15, 0.2) is 6.10 Å². The highest BCUT2D eigenvalue weighted by Gasteiger charge is 2.20. The van der Waals surface area contributed by atoms with E-state index in [1.165, 1.54) is 25.1 Å². The molecule has 0 aliphatic heterocycles. The monoisotopic (exact) mass is 396 g/mol. The number of halogens is 2. The number of nitro benzene ring substituents is 1. The molecule has 2 aromatic carbocycles. The van der Waals surface area contributed by atoms with E-state index < -0.39 is 40.2 Å². The summed E-state index contributed by atoms with van der Waals surface area (Å²) in [7, 11) is 0. The van der Waals surface area contributed by atoms with Crippen LogP contribution in [-0.2, 0) is 14.3 Å². The molecule has 0 aromatic heterocycles. The number of rotatable bonds is 7. The molecule has 0 spiro atoms. The van der Waals surface area contributed by atoms with Crippen molar-refractivity contribution in [1.29, 1.82) is 0 Å². The van der Waals surface area contributed by atoms with Crippen LogP contribution < -0.4 is 5.32 Å². The fourth-order valence-electron chi connectivity index (χ4n) is 1.96. The van der Waals surface area contributed by atoms with E-state index in [9.17, 15) is 28.5 Å². The van der Waals surface area contributed by atoms with Gasteiger partial charge in [-0.05, 0) is 31.2 Å². The predicted molar refractivity (Wildman–Crippen MR) is 94.4 cm³/mol. The summed E-state index contributed by atoms with van der Waals surface area (Å²) in [5.41, 5.74) is -0.810. The molecule has 2 rings (SSSR count). The first-order valence-corrected chi connectivity index (χ1v) is 8.58. The molecule has 2 aromatic rings. The Labute approximate surface area is 156 Å². The Morgan fingerprint density at radius 3 is 2.59 bits per heavy atom. The molecule has 10 heteroatoms. The van der Waals surface area contributed by atoms with Crippen LogP contribution >= 0.6 is 11.8 Å². The van der Waals surface area contributed by atoms with Crippen molar-refractivity contribution in [3.8, 4) is 0 Å². The van der Waals surface area contributed by atoms with Gasteiger partial charge in [-0.25, -0.2) is 4.39 Å². The predicted octanol–water partition coefficient (Wildman–Crippen LogP) is 3.54. The molecule has 0 unspecified atom stereocenters. The zero-order valence-corrected chi connectivity index (χ0v) is 14.8.